The van der Waals surface area contributed by atoms with Gasteiger partial charge in [-0.05, 0) is 60.2 Å². The molecule has 0 radical (unpaired) electrons. The minimum Gasteiger partial charge on any atom is -0.0593 e. The van der Waals surface area contributed by atoms with Gasteiger partial charge in [0.1, 0.15) is 0 Å². The van der Waals surface area contributed by atoms with Crippen molar-refractivity contribution >= 4 is 0 Å². The van der Waals surface area contributed by atoms with E-state index in [1.165, 1.54) is 5.92 Å². The van der Waals surface area contributed by atoms with Gasteiger partial charge in [-0.3, -0.25) is 0 Å². The molecular formula is C12H18. The Labute approximate surface area is 74.7 Å². The van der Waals surface area contributed by atoms with Gasteiger partial charge < -0.3 is 0 Å². The van der Waals surface area contributed by atoms with Crippen molar-refractivity contribution in [3.8, 4) is 0 Å². The Bertz CT molecular complexity index is 265. The molecule has 0 heterocycles. The van der Waals surface area contributed by atoms with Gasteiger partial charge in [0.25, 0.3) is 0 Å². The van der Waals surface area contributed by atoms with Crippen molar-refractivity contribution in [1.82, 2.24) is 0 Å². The summed E-state index contributed by atoms with van der Waals surface area (Å²) in [5.74, 6) is 4.64. The molecule has 0 aromatic carbocycles. The average molecular weight is 162 g/mol. The first-order valence-electron chi connectivity index (χ1n) is 5.65. The fourth-order valence-corrected chi connectivity index (χ4v) is 6.00. The van der Waals surface area contributed by atoms with Gasteiger partial charge in [-0.25, -0.2) is 0 Å². The van der Waals surface area contributed by atoms with Gasteiger partial charge in [0.15, 0.2) is 0 Å². The van der Waals surface area contributed by atoms with E-state index in [-0.39, 0.29) is 0 Å². The van der Waals surface area contributed by atoms with Crippen LogP contribution in [0.15, 0.2) is 0 Å². The summed E-state index contributed by atoms with van der Waals surface area (Å²) in [4.78, 5) is 0. The van der Waals surface area contributed by atoms with Crippen LogP contribution in [0.5, 0.6) is 0 Å². The van der Waals surface area contributed by atoms with Crippen LogP contribution in [0.25, 0.3) is 0 Å². The Morgan fingerprint density at radius 2 is 1.75 bits per heavy atom. The van der Waals surface area contributed by atoms with Gasteiger partial charge in [0.05, 0.1) is 0 Å². The molecule has 0 heteroatoms. The van der Waals surface area contributed by atoms with Crippen molar-refractivity contribution in [3.63, 3.8) is 0 Å². The Morgan fingerprint density at radius 3 is 2.42 bits per heavy atom. The van der Waals surface area contributed by atoms with Crippen molar-refractivity contribution in [2.45, 2.75) is 39.5 Å². The SMILES string of the molecule is CC1(C)C2CC3CC4CC1C42C3. The van der Waals surface area contributed by atoms with Crippen LogP contribution in [0, 0.1) is 34.5 Å². The molecule has 0 N–H and O–H groups in total. The molecule has 5 atom stereocenters. The first-order chi connectivity index (χ1) is 5.65. The summed E-state index contributed by atoms with van der Waals surface area (Å²) in [6.07, 6.45) is 6.44. The first-order valence-corrected chi connectivity index (χ1v) is 5.65. The molecule has 0 aliphatic heterocycles. The molecule has 0 aromatic heterocycles. The molecule has 4 aliphatic rings. The third kappa shape index (κ3) is 0.367. The smallest absolute Gasteiger partial charge is 0.0199 e. The normalized spacial score (nSPS) is 68.5. The highest BCUT2D eigenvalue weighted by atomic mass is 14.8. The Morgan fingerprint density at radius 1 is 1.00 bits per heavy atom. The molecule has 0 aromatic rings. The highest BCUT2D eigenvalue weighted by Crippen LogP contribution is 2.86. The molecule has 1 spiro atoms. The highest BCUT2D eigenvalue weighted by molar-refractivity contribution is 5.28. The van der Waals surface area contributed by atoms with Crippen LogP contribution in [0.4, 0.5) is 0 Å². The minimum atomic E-state index is 0.742. The van der Waals surface area contributed by atoms with E-state index in [0.29, 0.717) is 0 Å². The Hall–Kier alpha value is 0. The van der Waals surface area contributed by atoms with Gasteiger partial charge in [0.2, 0.25) is 0 Å². The molecule has 66 valence electrons. The van der Waals surface area contributed by atoms with E-state index in [4.69, 9.17) is 0 Å². The quantitative estimate of drug-likeness (QED) is 0.513. The summed E-state index contributed by atoms with van der Waals surface area (Å²) in [5.41, 5.74) is 1.68. The van der Waals surface area contributed by atoms with Crippen molar-refractivity contribution in [1.29, 1.82) is 0 Å². The average Bonchev–Trinajstić information content (AvgIpc) is 2.46. The summed E-state index contributed by atoms with van der Waals surface area (Å²) < 4.78 is 0. The number of hydrogen-bond acceptors (Lipinski definition) is 0. The molecule has 5 unspecified atom stereocenters. The summed E-state index contributed by atoms with van der Waals surface area (Å²) in [5, 5.41) is 0. The van der Waals surface area contributed by atoms with E-state index < -0.39 is 0 Å². The van der Waals surface area contributed by atoms with Crippen LogP contribution < -0.4 is 0 Å². The largest absolute Gasteiger partial charge is 0.0593 e. The van der Waals surface area contributed by atoms with Gasteiger partial charge in [-0.1, -0.05) is 13.8 Å². The first kappa shape index (κ1) is 6.45. The van der Waals surface area contributed by atoms with Crippen LogP contribution in [0.3, 0.4) is 0 Å². The lowest BCUT2D eigenvalue weighted by atomic mass is 9.29. The van der Waals surface area contributed by atoms with E-state index >= 15 is 0 Å². The summed E-state index contributed by atoms with van der Waals surface area (Å²) in [7, 11) is 0. The second-order valence-electron chi connectivity index (χ2n) is 6.51. The molecule has 0 saturated heterocycles. The molecule has 4 saturated carbocycles. The number of fused-ring (bicyclic) bond motifs is 1. The molecule has 0 amide bonds. The van der Waals surface area contributed by atoms with E-state index in [0.717, 1.165) is 28.6 Å². The Balaban J connectivity index is 1.86. The van der Waals surface area contributed by atoms with Crippen molar-refractivity contribution in [3.05, 3.63) is 0 Å². The standard InChI is InChI=1S/C12H18/c1-11(2)9-4-7-3-8-5-10(11)12(8,9)6-7/h7-10H,3-6H2,1-2H3. The molecule has 4 fully saturated rings. The topological polar surface area (TPSA) is 0 Å². The van der Waals surface area contributed by atoms with Gasteiger partial charge >= 0.3 is 0 Å². The lowest BCUT2D eigenvalue weighted by Gasteiger charge is -2.75. The molecular weight excluding hydrogens is 144 g/mol. The van der Waals surface area contributed by atoms with Crippen LogP contribution in [0.2, 0.25) is 0 Å². The maximum atomic E-state index is 2.53. The van der Waals surface area contributed by atoms with Crippen LogP contribution >= 0.6 is 0 Å². The number of rotatable bonds is 0. The van der Waals surface area contributed by atoms with Gasteiger partial charge in [-0.15, -0.1) is 0 Å². The van der Waals surface area contributed by atoms with E-state index in [9.17, 15) is 0 Å². The predicted molar refractivity (Wildman–Crippen MR) is 48.6 cm³/mol. The highest BCUT2D eigenvalue weighted by Gasteiger charge is 2.79. The lowest BCUT2D eigenvalue weighted by molar-refractivity contribution is -0.273. The van der Waals surface area contributed by atoms with E-state index in [2.05, 4.69) is 13.8 Å². The Kier molecular flexibility index (Phi) is 0.755. The third-order valence-electron chi connectivity index (χ3n) is 6.20. The fourth-order valence-electron chi connectivity index (χ4n) is 6.00. The van der Waals surface area contributed by atoms with Crippen LogP contribution in [-0.2, 0) is 0 Å². The van der Waals surface area contributed by atoms with Crippen molar-refractivity contribution in [2.75, 3.05) is 0 Å². The van der Waals surface area contributed by atoms with Crippen molar-refractivity contribution in [2.24, 2.45) is 34.5 Å². The third-order valence-corrected chi connectivity index (χ3v) is 6.20. The summed E-state index contributed by atoms with van der Waals surface area (Å²) in [6, 6.07) is 0. The zero-order valence-electron chi connectivity index (χ0n) is 8.14. The maximum Gasteiger partial charge on any atom is -0.0199 e. The maximum absolute atomic E-state index is 2.53. The van der Waals surface area contributed by atoms with Gasteiger partial charge in [0, 0.05) is 0 Å². The second-order valence-corrected chi connectivity index (χ2v) is 6.51. The fraction of sp³-hybridized carbons (Fsp3) is 1.00. The lowest BCUT2D eigenvalue weighted by Crippen LogP contribution is -2.69. The second kappa shape index (κ2) is 1.40. The van der Waals surface area contributed by atoms with Crippen molar-refractivity contribution < 1.29 is 0 Å². The van der Waals surface area contributed by atoms with Gasteiger partial charge in [-0.2, -0.15) is 0 Å². The molecule has 4 aliphatic carbocycles. The molecule has 12 heavy (non-hydrogen) atoms. The number of hydrogen-bond donors (Lipinski definition) is 0. The van der Waals surface area contributed by atoms with E-state index in [1.54, 1.807) is 25.7 Å². The van der Waals surface area contributed by atoms with Crippen LogP contribution in [-0.4, -0.2) is 0 Å². The summed E-state index contributed by atoms with van der Waals surface area (Å²) >= 11 is 0. The molecule has 0 nitrogen and oxygen atoms in total. The van der Waals surface area contributed by atoms with E-state index in [1.807, 2.05) is 0 Å². The predicted octanol–water partition coefficient (Wildman–Crippen LogP) is 3.08. The molecule has 2 bridgehead atoms. The molecule has 4 rings (SSSR count). The van der Waals surface area contributed by atoms with Crippen LogP contribution in [0.1, 0.15) is 39.5 Å². The zero-order chi connectivity index (χ0) is 8.14. The summed E-state index contributed by atoms with van der Waals surface area (Å²) in [6.45, 7) is 5.06. The zero-order valence-corrected chi connectivity index (χ0v) is 8.14. The monoisotopic (exact) mass is 162 g/mol. The minimum absolute atomic E-state index is 0.742.